The molecule has 7 heteroatoms. The number of carbonyl (C=O) groups excluding carboxylic acids is 3. The van der Waals surface area contributed by atoms with Crippen molar-refractivity contribution in [2.24, 2.45) is 0 Å². The van der Waals surface area contributed by atoms with Crippen molar-refractivity contribution in [3.05, 3.63) is 35.4 Å². The maximum Gasteiger partial charge on any atom is 0.314 e. The van der Waals surface area contributed by atoms with Gasteiger partial charge in [-0.2, -0.15) is 0 Å². The summed E-state index contributed by atoms with van der Waals surface area (Å²) in [6.45, 7) is 1.95. The van der Waals surface area contributed by atoms with Crippen LogP contribution in [-0.2, 0) is 0 Å². The first-order valence-corrected chi connectivity index (χ1v) is 6.65. The molecule has 1 heterocycles. The number of hydrogen-bond acceptors (Lipinski definition) is 4. The zero-order chi connectivity index (χ0) is 15.4. The fourth-order valence-corrected chi connectivity index (χ4v) is 2.03. The molecule has 1 aliphatic heterocycles. The predicted molar refractivity (Wildman–Crippen MR) is 74.9 cm³/mol. The maximum absolute atomic E-state index is 12.0. The number of carbonyl (C=O) groups is 3. The van der Waals surface area contributed by atoms with Crippen LogP contribution in [0.4, 0.5) is 4.79 Å². The minimum Gasteiger partial charge on any atom is -0.392 e. The molecule has 1 unspecified atom stereocenters. The van der Waals surface area contributed by atoms with Crippen LogP contribution in [0.25, 0.3) is 0 Å². The molecule has 1 aromatic carbocycles. The Hall–Kier alpha value is -2.41. The first-order valence-electron chi connectivity index (χ1n) is 6.65. The molecule has 2 rings (SSSR count). The minimum absolute atomic E-state index is 0.106. The summed E-state index contributed by atoms with van der Waals surface area (Å²) >= 11 is 0. The van der Waals surface area contributed by atoms with Crippen molar-refractivity contribution in [3.8, 4) is 0 Å². The molecule has 0 aromatic heterocycles. The van der Waals surface area contributed by atoms with Gasteiger partial charge in [-0.25, -0.2) is 4.79 Å². The molecule has 0 saturated heterocycles. The Balaban J connectivity index is 1.84. The van der Waals surface area contributed by atoms with Gasteiger partial charge in [0, 0.05) is 19.6 Å². The lowest BCUT2D eigenvalue weighted by molar-refractivity contribution is 0.0656. The second kappa shape index (κ2) is 6.36. The highest BCUT2D eigenvalue weighted by Crippen LogP contribution is 2.21. The number of rotatable bonds is 5. The molecule has 0 saturated carbocycles. The topological polar surface area (TPSA) is 98.7 Å². The Bertz CT molecular complexity index is 536. The fraction of sp³-hybridized carbons (Fsp3) is 0.357. The zero-order valence-electron chi connectivity index (χ0n) is 11.6. The monoisotopic (exact) mass is 291 g/mol. The summed E-state index contributed by atoms with van der Waals surface area (Å²) in [7, 11) is 0. The molecule has 21 heavy (non-hydrogen) atoms. The van der Waals surface area contributed by atoms with E-state index in [9.17, 15) is 14.4 Å². The summed E-state index contributed by atoms with van der Waals surface area (Å²) in [6, 6.07) is 6.17. The van der Waals surface area contributed by atoms with Crippen molar-refractivity contribution in [3.63, 3.8) is 0 Å². The van der Waals surface area contributed by atoms with Gasteiger partial charge in [0.05, 0.1) is 17.2 Å². The normalized spacial score (nSPS) is 14.9. The molecule has 3 N–H and O–H groups in total. The maximum atomic E-state index is 12.0. The van der Waals surface area contributed by atoms with Crippen molar-refractivity contribution in [2.45, 2.75) is 13.0 Å². The third kappa shape index (κ3) is 3.38. The minimum atomic E-state index is -0.632. The highest BCUT2D eigenvalue weighted by atomic mass is 16.3. The molecule has 1 aliphatic rings. The van der Waals surface area contributed by atoms with Crippen molar-refractivity contribution in [1.29, 1.82) is 0 Å². The van der Waals surface area contributed by atoms with E-state index >= 15 is 0 Å². The van der Waals surface area contributed by atoms with E-state index < -0.39 is 12.1 Å². The Labute approximate surface area is 121 Å². The van der Waals surface area contributed by atoms with Crippen LogP contribution in [0.15, 0.2) is 24.3 Å². The third-order valence-corrected chi connectivity index (χ3v) is 3.06. The van der Waals surface area contributed by atoms with Crippen LogP contribution in [0, 0.1) is 0 Å². The van der Waals surface area contributed by atoms with Crippen LogP contribution in [0.5, 0.6) is 0 Å². The first-order chi connectivity index (χ1) is 10.0. The Kier molecular flexibility index (Phi) is 4.54. The molecule has 0 spiro atoms. The van der Waals surface area contributed by atoms with Crippen molar-refractivity contribution in [1.82, 2.24) is 15.5 Å². The molecule has 0 fully saturated rings. The Morgan fingerprint density at radius 1 is 1.19 bits per heavy atom. The van der Waals surface area contributed by atoms with E-state index in [2.05, 4.69) is 10.6 Å². The zero-order valence-corrected chi connectivity index (χ0v) is 11.6. The molecule has 1 aromatic rings. The number of nitrogens with one attached hydrogen (secondary N) is 2. The van der Waals surface area contributed by atoms with Gasteiger partial charge >= 0.3 is 6.03 Å². The molecule has 0 bridgehead atoms. The van der Waals surface area contributed by atoms with E-state index in [0.717, 1.165) is 4.90 Å². The van der Waals surface area contributed by atoms with E-state index in [4.69, 9.17) is 5.11 Å². The Morgan fingerprint density at radius 2 is 1.76 bits per heavy atom. The molecule has 0 aliphatic carbocycles. The van der Waals surface area contributed by atoms with Gasteiger partial charge in [-0.15, -0.1) is 0 Å². The molecule has 4 amide bonds. The van der Waals surface area contributed by atoms with Crippen LogP contribution in [0.2, 0.25) is 0 Å². The van der Waals surface area contributed by atoms with E-state index in [1.54, 1.807) is 31.2 Å². The van der Waals surface area contributed by atoms with E-state index in [-0.39, 0.29) is 31.4 Å². The van der Waals surface area contributed by atoms with Crippen LogP contribution in [-0.4, -0.2) is 53.6 Å². The van der Waals surface area contributed by atoms with E-state index in [1.165, 1.54) is 0 Å². The van der Waals surface area contributed by atoms with Crippen molar-refractivity contribution < 1.29 is 19.5 Å². The lowest BCUT2D eigenvalue weighted by atomic mass is 10.1. The van der Waals surface area contributed by atoms with Crippen LogP contribution in [0.1, 0.15) is 27.6 Å². The molecule has 1 atom stereocenters. The first kappa shape index (κ1) is 15.0. The van der Waals surface area contributed by atoms with Gasteiger partial charge in [0.1, 0.15) is 0 Å². The number of amides is 4. The summed E-state index contributed by atoms with van der Waals surface area (Å²) < 4.78 is 0. The number of hydrogen-bond donors (Lipinski definition) is 3. The molecular weight excluding hydrogens is 274 g/mol. The number of imide groups is 1. The van der Waals surface area contributed by atoms with E-state index in [1.807, 2.05) is 0 Å². The average Bonchev–Trinajstić information content (AvgIpc) is 2.70. The van der Waals surface area contributed by atoms with Crippen LogP contribution in [0.3, 0.4) is 0 Å². The van der Waals surface area contributed by atoms with Gasteiger partial charge in [0.2, 0.25) is 0 Å². The number of benzene rings is 1. The lowest BCUT2D eigenvalue weighted by Gasteiger charge is -2.14. The second-order valence-electron chi connectivity index (χ2n) is 4.79. The number of fused-ring (bicyclic) bond motifs is 1. The number of nitrogens with zero attached hydrogens (tertiary/aromatic N) is 1. The highest BCUT2D eigenvalue weighted by molar-refractivity contribution is 6.21. The number of aliphatic hydroxyl groups is 1. The van der Waals surface area contributed by atoms with Gasteiger partial charge in [0.25, 0.3) is 11.8 Å². The number of urea groups is 1. The summed E-state index contributed by atoms with van der Waals surface area (Å²) in [5.74, 6) is -0.691. The van der Waals surface area contributed by atoms with Crippen molar-refractivity contribution >= 4 is 17.8 Å². The van der Waals surface area contributed by atoms with Crippen LogP contribution >= 0.6 is 0 Å². The Morgan fingerprint density at radius 3 is 2.29 bits per heavy atom. The van der Waals surface area contributed by atoms with Gasteiger partial charge in [-0.05, 0) is 19.1 Å². The quantitative estimate of drug-likeness (QED) is 0.663. The third-order valence-electron chi connectivity index (χ3n) is 3.06. The van der Waals surface area contributed by atoms with Gasteiger partial charge in [-0.3, -0.25) is 14.5 Å². The van der Waals surface area contributed by atoms with Gasteiger partial charge in [-0.1, -0.05) is 12.1 Å². The summed E-state index contributed by atoms with van der Waals surface area (Å²) in [5.41, 5.74) is 0.780. The van der Waals surface area contributed by atoms with E-state index in [0.29, 0.717) is 11.1 Å². The van der Waals surface area contributed by atoms with Gasteiger partial charge in [0.15, 0.2) is 0 Å². The lowest BCUT2D eigenvalue weighted by Crippen LogP contribution is -2.43. The van der Waals surface area contributed by atoms with Crippen molar-refractivity contribution in [2.75, 3.05) is 19.6 Å². The summed E-state index contributed by atoms with van der Waals surface area (Å²) in [5, 5.41) is 14.0. The highest BCUT2D eigenvalue weighted by Gasteiger charge is 2.34. The number of aliphatic hydroxyl groups excluding tert-OH is 1. The predicted octanol–water partition coefficient (Wildman–Crippen LogP) is -0.0374. The summed E-state index contributed by atoms with van der Waals surface area (Å²) in [6.07, 6.45) is -0.632. The van der Waals surface area contributed by atoms with Crippen LogP contribution < -0.4 is 10.6 Å². The van der Waals surface area contributed by atoms with Gasteiger partial charge < -0.3 is 15.7 Å². The largest absolute Gasteiger partial charge is 0.392 e. The summed E-state index contributed by atoms with van der Waals surface area (Å²) in [4.78, 5) is 36.6. The average molecular weight is 291 g/mol. The molecule has 112 valence electrons. The fourth-order valence-electron chi connectivity index (χ4n) is 2.03. The molecule has 7 nitrogen and oxygen atoms in total. The second-order valence-corrected chi connectivity index (χ2v) is 4.79. The molecule has 0 radical (unpaired) electrons. The smallest absolute Gasteiger partial charge is 0.314 e. The molecular formula is C14H17N3O4. The standard InChI is InChI=1S/C14H17N3O4/c1-9(18)8-16-14(21)15-6-7-17-12(19)10-4-2-3-5-11(10)13(17)20/h2-5,9,18H,6-8H2,1H3,(H2,15,16,21). The SMILES string of the molecule is CC(O)CNC(=O)NCCN1C(=O)c2ccccc2C1=O.